The van der Waals surface area contributed by atoms with Crippen LogP contribution < -0.4 is 5.32 Å². The van der Waals surface area contributed by atoms with Gasteiger partial charge in [-0.1, -0.05) is 0 Å². The Kier molecular flexibility index (Phi) is 4.92. The molecule has 0 aromatic carbocycles. The molecular weight excluding hydrogens is 254 g/mol. The first-order chi connectivity index (χ1) is 8.93. The Hall–Kier alpha value is -2.51. The fraction of sp³-hybridized carbons (Fsp3) is 0.364. The maximum atomic E-state index is 11.5. The maximum absolute atomic E-state index is 11.5. The molecule has 1 aromatic rings. The number of hydrogen-bond donors (Lipinski definition) is 1. The molecule has 0 spiro atoms. The predicted molar refractivity (Wildman–Crippen MR) is 65.5 cm³/mol. The highest BCUT2D eigenvalue weighted by Gasteiger charge is 2.12. The van der Waals surface area contributed by atoms with Gasteiger partial charge >= 0.3 is 5.97 Å². The van der Waals surface area contributed by atoms with E-state index in [0.29, 0.717) is 5.56 Å². The molecule has 0 bridgehead atoms. The number of carbonyl (C=O) groups is 2. The number of rotatable bonds is 5. The van der Waals surface area contributed by atoms with Gasteiger partial charge in [-0.15, -0.1) is 0 Å². The van der Waals surface area contributed by atoms with Gasteiger partial charge < -0.3 is 10.1 Å². The standard InChI is InChI=1S/C11H13N3O5/c1-7-5-8(14(17)18)6-12-11(7)13-9(15)3-4-10(16)19-2/h5-6H,3-4H2,1-2H3,(H,12,13,15). The lowest BCUT2D eigenvalue weighted by atomic mass is 10.2. The average molecular weight is 267 g/mol. The number of aryl methyl sites for hydroxylation is 1. The van der Waals surface area contributed by atoms with E-state index in [9.17, 15) is 19.7 Å². The van der Waals surface area contributed by atoms with Crippen LogP contribution in [0.2, 0.25) is 0 Å². The Labute approximate surface area is 108 Å². The van der Waals surface area contributed by atoms with Crippen molar-refractivity contribution < 1.29 is 19.2 Å². The molecule has 0 aliphatic heterocycles. The number of aromatic nitrogens is 1. The summed E-state index contributed by atoms with van der Waals surface area (Å²) in [7, 11) is 1.24. The monoisotopic (exact) mass is 267 g/mol. The van der Waals surface area contributed by atoms with E-state index in [4.69, 9.17) is 0 Å². The summed E-state index contributed by atoms with van der Waals surface area (Å²) in [6, 6.07) is 1.31. The van der Waals surface area contributed by atoms with Gasteiger partial charge in [0.2, 0.25) is 5.91 Å². The summed E-state index contributed by atoms with van der Waals surface area (Å²) in [5, 5.41) is 13.0. The van der Waals surface area contributed by atoms with Gasteiger partial charge in [0.05, 0.1) is 18.5 Å². The molecule has 102 valence electrons. The van der Waals surface area contributed by atoms with Crippen molar-refractivity contribution in [3.05, 3.63) is 27.9 Å². The lowest BCUT2D eigenvalue weighted by molar-refractivity contribution is -0.385. The van der Waals surface area contributed by atoms with Crippen LogP contribution >= 0.6 is 0 Å². The molecular formula is C11H13N3O5. The van der Waals surface area contributed by atoms with Gasteiger partial charge in [0.25, 0.3) is 5.69 Å². The van der Waals surface area contributed by atoms with Crippen LogP contribution in [0.1, 0.15) is 18.4 Å². The van der Waals surface area contributed by atoms with Gasteiger partial charge in [0, 0.05) is 12.5 Å². The van der Waals surface area contributed by atoms with Gasteiger partial charge in [0.15, 0.2) is 0 Å². The molecule has 19 heavy (non-hydrogen) atoms. The SMILES string of the molecule is COC(=O)CCC(=O)Nc1ncc([N+](=O)[O-])cc1C. The highest BCUT2D eigenvalue weighted by molar-refractivity contribution is 5.92. The number of esters is 1. The zero-order valence-corrected chi connectivity index (χ0v) is 10.5. The first kappa shape index (κ1) is 14.6. The van der Waals surface area contributed by atoms with Crippen molar-refractivity contribution in [1.29, 1.82) is 0 Å². The number of pyridine rings is 1. The number of nitrogens with zero attached hydrogens (tertiary/aromatic N) is 2. The van der Waals surface area contributed by atoms with Crippen molar-refractivity contribution in [2.45, 2.75) is 19.8 Å². The minimum atomic E-state index is -0.567. The van der Waals surface area contributed by atoms with E-state index >= 15 is 0 Å². The van der Waals surface area contributed by atoms with Crippen LogP contribution in [0.5, 0.6) is 0 Å². The van der Waals surface area contributed by atoms with Crippen molar-refractivity contribution in [3.8, 4) is 0 Å². The van der Waals surface area contributed by atoms with Crippen LogP contribution in [-0.2, 0) is 14.3 Å². The average Bonchev–Trinajstić information content (AvgIpc) is 2.38. The van der Waals surface area contributed by atoms with Crippen LogP contribution in [0.15, 0.2) is 12.3 Å². The molecule has 0 aliphatic carbocycles. The highest BCUT2D eigenvalue weighted by atomic mass is 16.6. The quantitative estimate of drug-likeness (QED) is 0.487. The van der Waals surface area contributed by atoms with Crippen molar-refractivity contribution in [3.63, 3.8) is 0 Å². The number of anilines is 1. The van der Waals surface area contributed by atoms with Crippen molar-refractivity contribution in [2.24, 2.45) is 0 Å². The Bertz CT molecular complexity index is 515. The third-order valence-electron chi connectivity index (χ3n) is 2.32. The van der Waals surface area contributed by atoms with E-state index < -0.39 is 16.8 Å². The van der Waals surface area contributed by atoms with E-state index in [1.165, 1.54) is 13.2 Å². The van der Waals surface area contributed by atoms with Crippen LogP contribution in [0, 0.1) is 17.0 Å². The second kappa shape index (κ2) is 6.43. The zero-order valence-electron chi connectivity index (χ0n) is 10.5. The van der Waals surface area contributed by atoms with E-state index in [1.54, 1.807) is 6.92 Å². The minimum absolute atomic E-state index is 0.0334. The molecule has 0 saturated carbocycles. The molecule has 1 amide bonds. The summed E-state index contributed by atoms with van der Waals surface area (Å²) in [5.74, 6) is -0.654. The molecule has 8 heteroatoms. The minimum Gasteiger partial charge on any atom is -0.469 e. The number of hydrogen-bond acceptors (Lipinski definition) is 6. The molecule has 0 radical (unpaired) electrons. The predicted octanol–water partition coefficient (Wildman–Crippen LogP) is 1.19. The van der Waals surface area contributed by atoms with Crippen molar-refractivity contribution in [1.82, 2.24) is 4.98 Å². The maximum Gasteiger partial charge on any atom is 0.306 e. The number of nitrogens with one attached hydrogen (secondary N) is 1. The number of methoxy groups -OCH3 is 1. The lowest BCUT2D eigenvalue weighted by Gasteiger charge is -2.06. The number of ether oxygens (including phenoxy) is 1. The molecule has 0 unspecified atom stereocenters. The molecule has 0 fully saturated rings. The Morgan fingerprint density at radius 3 is 2.68 bits per heavy atom. The molecule has 0 saturated heterocycles. The van der Waals surface area contributed by atoms with Gasteiger partial charge in [-0.3, -0.25) is 19.7 Å². The molecule has 1 N–H and O–H groups in total. The van der Waals surface area contributed by atoms with Crippen molar-refractivity contribution in [2.75, 3.05) is 12.4 Å². The second-order valence-electron chi connectivity index (χ2n) is 3.74. The topological polar surface area (TPSA) is 111 Å². The molecule has 0 aliphatic rings. The summed E-state index contributed by atoms with van der Waals surface area (Å²) in [6.45, 7) is 1.59. The Balaban J connectivity index is 2.64. The highest BCUT2D eigenvalue weighted by Crippen LogP contribution is 2.18. The number of nitro groups is 1. The normalized spacial score (nSPS) is 9.79. The third-order valence-corrected chi connectivity index (χ3v) is 2.32. The molecule has 0 atom stereocenters. The molecule has 1 rings (SSSR count). The van der Waals surface area contributed by atoms with Crippen LogP contribution in [0.4, 0.5) is 11.5 Å². The largest absolute Gasteiger partial charge is 0.469 e. The Morgan fingerprint density at radius 2 is 2.16 bits per heavy atom. The molecule has 1 heterocycles. The van der Waals surface area contributed by atoms with Gasteiger partial charge in [-0.05, 0) is 12.5 Å². The second-order valence-corrected chi connectivity index (χ2v) is 3.74. The van der Waals surface area contributed by atoms with Gasteiger partial charge in [-0.25, -0.2) is 4.98 Å². The number of amides is 1. The lowest BCUT2D eigenvalue weighted by Crippen LogP contribution is -2.15. The first-order valence-electron chi connectivity index (χ1n) is 5.41. The summed E-state index contributed by atoms with van der Waals surface area (Å²) in [4.78, 5) is 36.1. The molecule has 1 aromatic heterocycles. The number of carbonyl (C=O) groups excluding carboxylic acids is 2. The Morgan fingerprint density at radius 1 is 1.47 bits per heavy atom. The smallest absolute Gasteiger partial charge is 0.306 e. The summed E-state index contributed by atoms with van der Waals surface area (Å²) in [6.07, 6.45) is 0.988. The first-order valence-corrected chi connectivity index (χ1v) is 5.41. The van der Waals surface area contributed by atoms with Gasteiger partial charge in [-0.2, -0.15) is 0 Å². The molecule has 8 nitrogen and oxygen atoms in total. The van der Waals surface area contributed by atoms with Crippen LogP contribution in [0.25, 0.3) is 0 Å². The zero-order chi connectivity index (χ0) is 14.4. The summed E-state index contributed by atoms with van der Waals surface area (Å²) >= 11 is 0. The summed E-state index contributed by atoms with van der Waals surface area (Å²) < 4.78 is 4.41. The van der Waals surface area contributed by atoms with Crippen LogP contribution in [0.3, 0.4) is 0 Å². The van der Waals surface area contributed by atoms with Gasteiger partial charge in [0.1, 0.15) is 12.0 Å². The fourth-order valence-corrected chi connectivity index (χ4v) is 1.30. The van der Waals surface area contributed by atoms with Crippen LogP contribution in [-0.4, -0.2) is 28.9 Å². The van der Waals surface area contributed by atoms with Crippen molar-refractivity contribution >= 4 is 23.4 Å². The summed E-state index contributed by atoms with van der Waals surface area (Å²) in [5.41, 5.74) is 0.325. The van der Waals surface area contributed by atoms with E-state index in [0.717, 1.165) is 6.20 Å². The van der Waals surface area contributed by atoms with E-state index in [2.05, 4.69) is 15.0 Å². The van der Waals surface area contributed by atoms with E-state index in [-0.39, 0.29) is 24.3 Å². The third kappa shape index (κ3) is 4.34. The van der Waals surface area contributed by atoms with E-state index in [1.807, 2.05) is 0 Å². The fourth-order valence-electron chi connectivity index (χ4n) is 1.30.